The van der Waals surface area contributed by atoms with Crippen molar-refractivity contribution in [1.82, 2.24) is 15.5 Å². The van der Waals surface area contributed by atoms with Gasteiger partial charge in [-0.15, -0.1) is 11.3 Å². The molecule has 5 nitrogen and oxygen atoms in total. The molecule has 2 N–H and O–H groups in total. The van der Waals surface area contributed by atoms with Gasteiger partial charge in [-0.2, -0.15) is 0 Å². The van der Waals surface area contributed by atoms with E-state index in [4.69, 9.17) is 0 Å². The predicted molar refractivity (Wildman–Crippen MR) is 114 cm³/mol. The summed E-state index contributed by atoms with van der Waals surface area (Å²) >= 11 is 1.76. The summed E-state index contributed by atoms with van der Waals surface area (Å²) < 4.78 is 0. The van der Waals surface area contributed by atoms with Gasteiger partial charge in [0.2, 0.25) is 5.91 Å². The minimum absolute atomic E-state index is 0.120. The first-order valence-corrected chi connectivity index (χ1v) is 10.3. The highest BCUT2D eigenvalue weighted by molar-refractivity contribution is 7.10. The van der Waals surface area contributed by atoms with Gasteiger partial charge in [-0.1, -0.05) is 43.3 Å². The van der Waals surface area contributed by atoms with Crippen LogP contribution in [-0.4, -0.2) is 43.4 Å². The number of nitrogens with one attached hydrogen (secondary N) is 2. The number of guanidine groups is 1. The van der Waals surface area contributed by atoms with E-state index in [0.29, 0.717) is 25.4 Å². The van der Waals surface area contributed by atoms with E-state index in [-0.39, 0.29) is 5.91 Å². The molecule has 1 aromatic carbocycles. The quantitative estimate of drug-likeness (QED) is 0.513. The van der Waals surface area contributed by atoms with Crippen molar-refractivity contribution < 1.29 is 4.79 Å². The fourth-order valence-corrected chi connectivity index (χ4v) is 3.43. The van der Waals surface area contributed by atoms with Crippen LogP contribution in [0.2, 0.25) is 0 Å². The molecule has 27 heavy (non-hydrogen) atoms. The molecule has 6 heteroatoms. The van der Waals surface area contributed by atoms with Gasteiger partial charge < -0.3 is 15.5 Å². The van der Waals surface area contributed by atoms with Crippen molar-refractivity contribution >= 4 is 23.2 Å². The molecular weight excluding hydrogens is 356 g/mol. The number of benzene rings is 1. The van der Waals surface area contributed by atoms with Crippen LogP contribution in [0.25, 0.3) is 0 Å². The maximum atomic E-state index is 12.3. The highest BCUT2D eigenvalue weighted by Gasteiger charge is 2.10. The molecule has 0 bridgehead atoms. The van der Waals surface area contributed by atoms with E-state index in [0.717, 1.165) is 24.6 Å². The second-order valence-electron chi connectivity index (χ2n) is 6.55. The molecule has 0 spiro atoms. The number of amides is 1. The van der Waals surface area contributed by atoms with Gasteiger partial charge in [-0.25, -0.2) is 0 Å². The lowest BCUT2D eigenvalue weighted by Crippen LogP contribution is -2.39. The van der Waals surface area contributed by atoms with Crippen molar-refractivity contribution in [3.63, 3.8) is 0 Å². The normalized spacial score (nSPS) is 12.5. The van der Waals surface area contributed by atoms with Gasteiger partial charge in [0, 0.05) is 43.9 Å². The molecule has 0 aliphatic carbocycles. The number of aliphatic imine (C=N–C) groups is 1. The van der Waals surface area contributed by atoms with Crippen molar-refractivity contribution in [2.24, 2.45) is 4.99 Å². The first-order chi connectivity index (χ1) is 13.1. The number of rotatable bonds is 9. The van der Waals surface area contributed by atoms with E-state index in [9.17, 15) is 4.79 Å². The minimum atomic E-state index is 0.120. The maximum absolute atomic E-state index is 12.3. The summed E-state index contributed by atoms with van der Waals surface area (Å²) in [4.78, 5) is 20.1. The molecule has 0 saturated carbocycles. The first-order valence-electron chi connectivity index (χ1n) is 9.43. The lowest BCUT2D eigenvalue weighted by atomic mass is 10.1. The van der Waals surface area contributed by atoms with Crippen LogP contribution in [0.3, 0.4) is 0 Å². The van der Waals surface area contributed by atoms with Crippen LogP contribution in [-0.2, 0) is 11.3 Å². The zero-order valence-electron chi connectivity index (χ0n) is 16.4. The Bertz CT molecular complexity index is 700. The van der Waals surface area contributed by atoms with E-state index in [1.807, 2.05) is 44.3 Å². The number of thiophene rings is 1. The second kappa shape index (κ2) is 11.4. The Hall–Kier alpha value is -2.34. The summed E-state index contributed by atoms with van der Waals surface area (Å²) in [5, 5.41) is 8.60. The summed E-state index contributed by atoms with van der Waals surface area (Å²) in [6.45, 7) is 6.93. The molecule has 2 aromatic rings. The Morgan fingerprint density at radius 3 is 2.63 bits per heavy atom. The number of carbonyl (C=O) groups excluding carboxylic acids is 1. The van der Waals surface area contributed by atoms with Crippen molar-refractivity contribution in [1.29, 1.82) is 0 Å². The molecule has 0 saturated heterocycles. The van der Waals surface area contributed by atoms with E-state index < -0.39 is 0 Å². The number of carbonyl (C=O) groups is 1. The maximum Gasteiger partial charge on any atom is 0.224 e. The zero-order chi connectivity index (χ0) is 19.5. The fraction of sp³-hybridized carbons (Fsp3) is 0.429. The highest BCUT2D eigenvalue weighted by Crippen LogP contribution is 2.20. The third-order valence-corrected chi connectivity index (χ3v) is 5.32. The van der Waals surface area contributed by atoms with Crippen LogP contribution in [0.4, 0.5) is 0 Å². The van der Waals surface area contributed by atoms with Gasteiger partial charge in [0.15, 0.2) is 5.96 Å². The Morgan fingerprint density at radius 2 is 1.96 bits per heavy atom. The molecule has 0 aliphatic heterocycles. The molecule has 0 radical (unpaired) electrons. The summed E-state index contributed by atoms with van der Waals surface area (Å²) in [5.74, 6) is 1.27. The van der Waals surface area contributed by atoms with Crippen LogP contribution in [0, 0.1) is 0 Å². The smallest absolute Gasteiger partial charge is 0.224 e. The Morgan fingerprint density at radius 1 is 1.19 bits per heavy atom. The summed E-state index contributed by atoms with van der Waals surface area (Å²) in [6, 6.07) is 14.3. The number of hydrogen-bond acceptors (Lipinski definition) is 3. The average molecular weight is 387 g/mol. The molecule has 146 valence electrons. The largest absolute Gasteiger partial charge is 0.357 e. The van der Waals surface area contributed by atoms with Crippen LogP contribution >= 0.6 is 11.3 Å². The molecule has 1 atom stereocenters. The van der Waals surface area contributed by atoms with Gasteiger partial charge in [-0.3, -0.25) is 9.79 Å². The van der Waals surface area contributed by atoms with Gasteiger partial charge in [0.05, 0.1) is 6.54 Å². The van der Waals surface area contributed by atoms with Crippen molar-refractivity contribution in [3.05, 3.63) is 58.3 Å². The number of nitrogens with zero attached hydrogens (tertiary/aromatic N) is 2. The molecule has 1 amide bonds. The van der Waals surface area contributed by atoms with Gasteiger partial charge in [-0.05, 0) is 23.9 Å². The van der Waals surface area contributed by atoms with E-state index >= 15 is 0 Å². The third-order valence-electron chi connectivity index (χ3n) is 4.22. The summed E-state index contributed by atoms with van der Waals surface area (Å²) in [6.07, 6.45) is 0.439. The lowest BCUT2D eigenvalue weighted by Gasteiger charge is -2.18. The molecule has 1 unspecified atom stereocenters. The lowest BCUT2D eigenvalue weighted by molar-refractivity contribution is -0.130. The van der Waals surface area contributed by atoms with E-state index in [2.05, 4.69) is 40.1 Å². The monoisotopic (exact) mass is 386 g/mol. The predicted octanol–water partition coefficient (Wildman–Crippen LogP) is 3.46. The molecule has 0 aliphatic rings. The molecule has 1 aromatic heterocycles. The van der Waals surface area contributed by atoms with Crippen LogP contribution in [0.5, 0.6) is 0 Å². The standard InChI is InChI=1S/C21H30N4OS/c1-4-22-21(24-15-17(2)19-11-8-14-27-19)23-13-12-20(26)25(3)16-18-9-6-5-7-10-18/h5-11,14,17H,4,12-13,15-16H2,1-3H3,(H2,22,23,24). The summed E-state index contributed by atoms with van der Waals surface area (Å²) in [5.41, 5.74) is 1.14. The van der Waals surface area contributed by atoms with Crippen LogP contribution in [0.1, 0.15) is 36.6 Å². The molecule has 2 rings (SSSR count). The third kappa shape index (κ3) is 7.43. The van der Waals surface area contributed by atoms with Crippen LogP contribution in [0.15, 0.2) is 52.8 Å². The van der Waals surface area contributed by atoms with Gasteiger partial charge >= 0.3 is 0 Å². The van der Waals surface area contributed by atoms with Crippen molar-refractivity contribution in [2.45, 2.75) is 32.7 Å². The molecule has 1 heterocycles. The second-order valence-corrected chi connectivity index (χ2v) is 7.53. The average Bonchev–Trinajstić information content (AvgIpc) is 3.21. The Balaban J connectivity index is 1.77. The van der Waals surface area contributed by atoms with E-state index in [1.165, 1.54) is 4.88 Å². The first kappa shape index (κ1) is 21.0. The zero-order valence-corrected chi connectivity index (χ0v) is 17.3. The Labute approximate surface area is 166 Å². The number of hydrogen-bond donors (Lipinski definition) is 2. The SMILES string of the molecule is CCNC(=NCC(C)c1cccs1)NCCC(=O)N(C)Cc1ccccc1. The Kier molecular flexibility index (Phi) is 8.84. The van der Waals surface area contributed by atoms with Crippen LogP contribution < -0.4 is 10.6 Å². The van der Waals surface area contributed by atoms with Crippen molar-refractivity contribution in [3.8, 4) is 0 Å². The topological polar surface area (TPSA) is 56.7 Å². The highest BCUT2D eigenvalue weighted by atomic mass is 32.1. The summed E-state index contributed by atoms with van der Waals surface area (Å²) in [7, 11) is 1.84. The minimum Gasteiger partial charge on any atom is -0.357 e. The van der Waals surface area contributed by atoms with E-state index in [1.54, 1.807) is 16.2 Å². The van der Waals surface area contributed by atoms with Gasteiger partial charge in [0.25, 0.3) is 0 Å². The van der Waals surface area contributed by atoms with Gasteiger partial charge in [0.1, 0.15) is 0 Å². The van der Waals surface area contributed by atoms with Crippen molar-refractivity contribution in [2.75, 3.05) is 26.7 Å². The molecular formula is C21H30N4OS. The fourth-order valence-electron chi connectivity index (χ4n) is 2.66. The molecule has 0 fully saturated rings.